The van der Waals surface area contributed by atoms with Crippen LogP contribution in [0.1, 0.15) is 21.7 Å². The summed E-state index contributed by atoms with van der Waals surface area (Å²) < 4.78 is 13.8. The number of carbonyl (C=O) groups excluding carboxylic acids is 1. The number of anilines is 2. The predicted octanol–water partition coefficient (Wildman–Crippen LogP) is 3.38. The molecule has 0 aliphatic heterocycles. The minimum atomic E-state index is -0.412. The molecule has 3 aromatic rings. The van der Waals surface area contributed by atoms with Gasteiger partial charge in [-0.15, -0.1) is 0 Å². The average molecular weight is 365 g/mol. The van der Waals surface area contributed by atoms with Gasteiger partial charge < -0.3 is 10.2 Å². The zero-order valence-corrected chi connectivity index (χ0v) is 15.2. The van der Waals surface area contributed by atoms with Crippen molar-refractivity contribution in [3.63, 3.8) is 0 Å². The first-order chi connectivity index (χ1) is 13.0. The molecule has 1 N–H and O–H groups in total. The van der Waals surface area contributed by atoms with Crippen LogP contribution in [0.5, 0.6) is 0 Å². The molecule has 0 unspecified atom stereocenters. The number of benzene rings is 1. The van der Waals surface area contributed by atoms with Gasteiger partial charge in [-0.3, -0.25) is 9.78 Å². The lowest BCUT2D eigenvalue weighted by Crippen LogP contribution is -2.30. The van der Waals surface area contributed by atoms with Gasteiger partial charge in [-0.05, 0) is 49.2 Å². The minimum absolute atomic E-state index is 0.186. The van der Waals surface area contributed by atoms with Crippen LogP contribution in [0.15, 0.2) is 54.9 Å². The number of pyridine rings is 1. The summed E-state index contributed by atoms with van der Waals surface area (Å²) in [6, 6.07) is 11.7. The van der Waals surface area contributed by atoms with Crippen LogP contribution in [0.3, 0.4) is 0 Å². The second-order valence-corrected chi connectivity index (χ2v) is 6.16. The van der Waals surface area contributed by atoms with Crippen molar-refractivity contribution in [2.75, 3.05) is 18.9 Å². The van der Waals surface area contributed by atoms with E-state index in [4.69, 9.17) is 0 Å². The standard InChI is InChI=1S/C20H20FN5O/c1-14-13-18(19(27)26(2)12-9-15-7-10-22-11-8-15)25-20(23-14)24-17-6-4-3-5-16(17)21/h3-8,10-11,13H,9,12H2,1-2H3,(H,23,24,25). The number of aromatic nitrogens is 3. The number of aryl methyl sites for hydroxylation is 1. The van der Waals surface area contributed by atoms with E-state index in [2.05, 4.69) is 20.3 Å². The topological polar surface area (TPSA) is 71.0 Å². The highest BCUT2D eigenvalue weighted by Crippen LogP contribution is 2.17. The maximum atomic E-state index is 13.8. The Morgan fingerprint density at radius 2 is 1.89 bits per heavy atom. The zero-order valence-electron chi connectivity index (χ0n) is 15.2. The van der Waals surface area contributed by atoms with E-state index in [0.29, 0.717) is 12.2 Å². The van der Waals surface area contributed by atoms with E-state index in [9.17, 15) is 9.18 Å². The number of rotatable bonds is 6. The van der Waals surface area contributed by atoms with Crippen molar-refractivity contribution in [3.05, 3.63) is 77.6 Å². The Kier molecular flexibility index (Phi) is 5.71. The number of carbonyl (C=O) groups is 1. The molecular weight excluding hydrogens is 345 g/mol. The molecule has 2 aromatic heterocycles. The Labute approximate surface area is 157 Å². The number of hydrogen-bond donors (Lipinski definition) is 1. The van der Waals surface area contributed by atoms with Crippen molar-refractivity contribution in [3.8, 4) is 0 Å². The second kappa shape index (κ2) is 8.35. The normalized spacial score (nSPS) is 10.5. The Morgan fingerprint density at radius 1 is 1.15 bits per heavy atom. The van der Waals surface area contributed by atoms with Crippen molar-refractivity contribution < 1.29 is 9.18 Å². The Morgan fingerprint density at radius 3 is 2.63 bits per heavy atom. The molecule has 1 amide bonds. The first kappa shape index (κ1) is 18.4. The fourth-order valence-electron chi connectivity index (χ4n) is 2.56. The van der Waals surface area contributed by atoms with Crippen LogP contribution in [0.25, 0.3) is 0 Å². The van der Waals surface area contributed by atoms with Crippen LogP contribution in [0.4, 0.5) is 16.0 Å². The minimum Gasteiger partial charge on any atom is -0.340 e. The van der Waals surface area contributed by atoms with Gasteiger partial charge in [0.05, 0.1) is 5.69 Å². The third kappa shape index (κ3) is 4.84. The summed E-state index contributed by atoms with van der Waals surface area (Å²) in [5, 5.41) is 2.83. The first-order valence-electron chi connectivity index (χ1n) is 8.54. The molecule has 0 spiro atoms. The molecule has 0 aliphatic rings. The Balaban J connectivity index is 1.72. The maximum Gasteiger partial charge on any atom is 0.272 e. The van der Waals surface area contributed by atoms with Gasteiger partial charge in [0, 0.05) is 31.7 Å². The summed E-state index contributed by atoms with van der Waals surface area (Å²) in [5.41, 5.74) is 2.24. The van der Waals surface area contributed by atoms with Gasteiger partial charge in [-0.1, -0.05) is 12.1 Å². The molecule has 0 bridgehead atoms. The van der Waals surface area contributed by atoms with Gasteiger partial charge in [0.15, 0.2) is 0 Å². The lowest BCUT2D eigenvalue weighted by Gasteiger charge is -2.17. The van der Waals surface area contributed by atoms with Gasteiger partial charge in [0.25, 0.3) is 5.91 Å². The number of hydrogen-bond acceptors (Lipinski definition) is 5. The van der Waals surface area contributed by atoms with Crippen molar-refractivity contribution in [2.45, 2.75) is 13.3 Å². The van der Waals surface area contributed by atoms with Crippen LogP contribution in [0.2, 0.25) is 0 Å². The third-order valence-corrected chi connectivity index (χ3v) is 4.03. The van der Waals surface area contributed by atoms with Crippen LogP contribution in [0, 0.1) is 12.7 Å². The lowest BCUT2D eigenvalue weighted by molar-refractivity contribution is 0.0790. The monoisotopic (exact) mass is 365 g/mol. The Bertz CT molecular complexity index is 933. The largest absolute Gasteiger partial charge is 0.340 e. The average Bonchev–Trinajstić information content (AvgIpc) is 2.67. The maximum absolute atomic E-state index is 13.8. The molecule has 138 valence electrons. The quantitative estimate of drug-likeness (QED) is 0.725. The van der Waals surface area contributed by atoms with Gasteiger partial charge in [-0.2, -0.15) is 0 Å². The number of nitrogens with zero attached hydrogens (tertiary/aromatic N) is 4. The molecule has 0 fully saturated rings. The van der Waals surface area contributed by atoms with Gasteiger partial charge in [0.2, 0.25) is 5.95 Å². The third-order valence-electron chi connectivity index (χ3n) is 4.03. The van der Waals surface area contributed by atoms with E-state index in [-0.39, 0.29) is 23.2 Å². The van der Waals surface area contributed by atoms with Crippen molar-refractivity contribution in [1.29, 1.82) is 0 Å². The number of nitrogens with one attached hydrogen (secondary N) is 1. The highest BCUT2D eigenvalue weighted by atomic mass is 19.1. The van der Waals surface area contributed by atoms with Crippen molar-refractivity contribution in [1.82, 2.24) is 19.9 Å². The molecule has 2 heterocycles. The molecule has 0 saturated heterocycles. The predicted molar refractivity (Wildman–Crippen MR) is 101 cm³/mol. The molecular formula is C20H20FN5O. The van der Waals surface area contributed by atoms with E-state index in [1.54, 1.807) is 55.5 Å². The smallest absolute Gasteiger partial charge is 0.272 e. The molecule has 7 heteroatoms. The summed E-state index contributed by atoms with van der Waals surface area (Å²) in [7, 11) is 1.73. The second-order valence-electron chi connectivity index (χ2n) is 6.16. The van der Waals surface area contributed by atoms with Crippen LogP contribution >= 0.6 is 0 Å². The fourth-order valence-corrected chi connectivity index (χ4v) is 2.56. The highest BCUT2D eigenvalue weighted by Gasteiger charge is 2.16. The highest BCUT2D eigenvalue weighted by molar-refractivity contribution is 5.92. The summed E-state index contributed by atoms with van der Waals surface area (Å²) in [5.74, 6) is -0.443. The number of para-hydroxylation sites is 1. The van der Waals surface area contributed by atoms with Gasteiger partial charge in [-0.25, -0.2) is 14.4 Å². The molecule has 0 radical (unpaired) electrons. The lowest BCUT2D eigenvalue weighted by atomic mass is 10.2. The molecule has 0 saturated carbocycles. The summed E-state index contributed by atoms with van der Waals surface area (Å²) in [6.45, 7) is 2.31. The molecule has 0 aliphatic carbocycles. The summed E-state index contributed by atoms with van der Waals surface area (Å²) >= 11 is 0. The Hall–Kier alpha value is -3.35. The summed E-state index contributed by atoms with van der Waals surface area (Å²) in [6.07, 6.45) is 4.17. The zero-order chi connectivity index (χ0) is 19.2. The van der Waals surface area contributed by atoms with Crippen LogP contribution < -0.4 is 5.32 Å². The molecule has 6 nitrogen and oxygen atoms in total. The van der Waals surface area contributed by atoms with Crippen LogP contribution in [-0.2, 0) is 6.42 Å². The van der Waals surface area contributed by atoms with E-state index in [1.807, 2.05) is 12.1 Å². The van der Waals surface area contributed by atoms with Crippen molar-refractivity contribution >= 4 is 17.5 Å². The number of halogens is 1. The molecule has 3 rings (SSSR count). The number of likely N-dealkylation sites (N-methyl/N-ethyl adjacent to an activating group) is 1. The summed E-state index contributed by atoms with van der Waals surface area (Å²) in [4.78, 5) is 26.8. The van der Waals surface area contributed by atoms with E-state index in [0.717, 1.165) is 12.0 Å². The number of amides is 1. The van der Waals surface area contributed by atoms with E-state index >= 15 is 0 Å². The first-order valence-corrected chi connectivity index (χ1v) is 8.54. The van der Waals surface area contributed by atoms with Crippen molar-refractivity contribution in [2.24, 2.45) is 0 Å². The van der Waals surface area contributed by atoms with E-state index in [1.165, 1.54) is 6.07 Å². The van der Waals surface area contributed by atoms with Gasteiger partial charge in [0.1, 0.15) is 11.5 Å². The van der Waals surface area contributed by atoms with Crippen LogP contribution in [-0.4, -0.2) is 39.4 Å². The molecule has 27 heavy (non-hydrogen) atoms. The van der Waals surface area contributed by atoms with Gasteiger partial charge >= 0.3 is 0 Å². The van der Waals surface area contributed by atoms with E-state index < -0.39 is 5.82 Å². The fraction of sp³-hybridized carbons (Fsp3) is 0.200. The SMILES string of the molecule is Cc1cc(C(=O)N(C)CCc2ccncc2)nc(Nc2ccccc2F)n1. The molecule has 1 aromatic carbocycles. The molecule has 0 atom stereocenters.